The van der Waals surface area contributed by atoms with Gasteiger partial charge >= 0.3 is 5.97 Å². The molecule has 0 radical (unpaired) electrons. The number of halogens is 2. The van der Waals surface area contributed by atoms with Gasteiger partial charge < -0.3 is 9.30 Å². The predicted molar refractivity (Wildman–Crippen MR) is 141 cm³/mol. The molecule has 7 heteroatoms. The molecule has 0 saturated heterocycles. The van der Waals surface area contributed by atoms with Crippen molar-refractivity contribution >= 4 is 46.8 Å². The van der Waals surface area contributed by atoms with Crippen molar-refractivity contribution in [3.63, 3.8) is 0 Å². The third kappa shape index (κ3) is 4.54. The van der Waals surface area contributed by atoms with E-state index in [9.17, 15) is 9.59 Å². The molecule has 0 atom stereocenters. The molecule has 0 saturated carbocycles. The minimum Gasteiger partial charge on any atom is -0.462 e. The quantitative estimate of drug-likeness (QED) is 0.276. The summed E-state index contributed by atoms with van der Waals surface area (Å²) in [5.41, 5.74) is 6.27. The topological polar surface area (TPSA) is 51.5 Å². The SMILES string of the molecule is CCOC(=O)C1=C(C)N(c2ccc(C)cc2)C(=O)/C1=C\c1cc(C)n(-c2ccc(Cl)cc2Cl)c1C. The highest BCUT2D eigenvalue weighted by atomic mass is 35.5. The monoisotopic (exact) mass is 508 g/mol. The Kier molecular flexibility index (Phi) is 6.93. The predicted octanol–water partition coefficient (Wildman–Crippen LogP) is 6.98. The van der Waals surface area contributed by atoms with E-state index in [1.54, 1.807) is 37.0 Å². The summed E-state index contributed by atoms with van der Waals surface area (Å²) in [6.45, 7) is 9.61. The van der Waals surface area contributed by atoms with E-state index < -0.39 is 5.97 Å². The van der Waals surface area contributed by atoms with Gasteiger partial charge in [0.25, 0.3) is 5.91 Å². The fourth-order valence-electron chi connectivity index (χ4n) is 4.41. The van der Waals surface area contributed by atoms with Gasteiger partial charge in [0.1, 0.15) is 0 Å². The molecule has 3 aromatic rings. The minimum atomic E-state index is -0.520. The van der Waals surface area contributed by atoms with Crippen molar-refractivity contribution in [1.82, 2.24) is 4.57 Å². The molecular weight excluding hydrogens is 483 g/mol. The molecule has 0 fully saturated rings. The van der Waals surface area contributed by atoms with Crippen LogP contribution in [0.3, 0.4) is 0 Å². The van der Waals surface area contributed by atoms with Crippen LogP contribution >= 0.6 is 23.2 Å². The van der Waals surface area contributed by atoms with Crippen molar-refractivity contribution in [2.24, 2.45) is 0 Å². The van der Waals surface area contributed by atoms with Gasteiger partial charge in [0, 0.05) is 27.8 Å². The number of carbonyl (C=O) groups is 2. The van der Waals surface area contributed by atoms with Crippen LogP contribution < -0.4 is 4.90 Å². The summed E-state index contributed by atoms with van der Waals surface area (Å²) in [5.74, 6) is -0.794. The van der Waals surface area contributed by atoms with Gasteiger partial charge in [0.05, 0.1) is 28.5 Å². The number of rotatable bonds is 5. The van der Waals surface area contributed by atoms with Crippen LogP contribution in [0, 0.1) is 20.8 Å². The zero-order chi connectivity index (χ0) is 25.4. The number of amides is 1. The van der Waals surface area contributed by atoms with Gasteiger partial charge in [0.15, 0.2) is 0 Å². The lowest BCUT2D eigenvalue weighted by atomic mass is 10.0. The fourth-order valence-corrected chi connectivity index (χ4v) is 4.90. The average Bonchev–Trinajstić information content (AvgIpc) is 3.21. The molecular formula is C28H26Cl2N2O3. The maximum atomic E-state index is 13.7. The molecule has 0 N–H and O–H groups in total. The highest BCUT2D eigenvalue weighted by Gasteiger charge is 2.38. The zero-order valence-electron chi connectivity index (χ0n) is 20.3. The number of hydrogen-bond donors (Lipinski definition) is 0. The summed E-state index contributed by atoms with van der Waals surface area (Å²) in [6.07, 6.45) is 1.76. The highest BCUT2D eigenvalue weighted by molar-refractivity contribution is 6.35. The van der Waals surface area contributed by atoms with E-state index in [1.165, 1.54) is 0 Å². The van der Waals surface area contributed by atoms with Crippen LogP contribution in [0.1, 0.15) is 36.4 Å². The van der Waals surface area contributed by atoms with Gasteiger partial charge in [-0.1, -0.05) is 40.9 Å². The Morgan fingerprint density at radius 1 is 1.00 bits per heavy atom. The zero-order valence-corrected chi connectivity index (χ0v) is 21.8. The first-order valence-corrected chi connectivity index (χ1v) is 12.0. The number of benzene rings is 2. The summed E-state index contributed by atoms with van der Waals surface area (Å²) in [4.78, 5) is 28.2. The van der Waals surface area contributed by atoms with E-state index in [0.29, 0.717) is 27.0 Å². The second kappa shape index (κ2) is 9.76. The van der Waals surface area contributed by atoms with E-state index in [0.717, 1.165) is 28.2 Å². The summed E-state index contributed by atoms with van der Waals surface area (Å²) in [5, 5.41) is 1.07. The number of carbonyl (C=O) groups excluding carboxylic acids is 2. The Balaban J connectivity index is 1.85. The smallest absolute Gasteiger partial charge is 0.340 e. The summed E-state index contributed by atoms with van der Waals surface area (Å²) < 4.78 is 7.32. The number of nitrogens with zero attached hydrogens (tertiary/aromatic N) is 2. The number of aryl methyl sites for hydroxylation is 2. The van der Waals surface area contributed by atoms with E-state index in [2.05, 4.69) is 0 Å². The van der Waals surface area contributed by atoms with Crippen LogP contribution in [0.4, 0.5) is 5.69 Å². The second-order valence-electron chi connectivity index (χ2n) is 8.47. The van der Waals surface area contributed by atoms with Crippen LogP contribution in [0.25, 0.3) is 11.8 Å². The summed E-state index contributed by atoms with van der Waals surface area (Å²) in [6, 6.07) is 14.9. The van der Waals surface area contributed by atoms with Gasteiger partial charge in [-0.05, 0) is 82.7 Å². The van der Waals surface area contributed by atoms with Crippen LogP contribution in [-0.2, 0) is 14.3 Å². The Morgan fingerprint density at radius 2 is 1.69 bits per heavy atom. The molecule has 2 aromatic carbocycles. The molecule has 5 nitrogen and oxygen atoms in total. The molecule has 2 heterocycles. The number of esters is 1. The van der Waals surface area contributed by atoms with E-state index in [4.69, 9.17) is 27.9 Å². The number of allylic oxidation sites excluding steroid dienone is 1. The Labute approximate surface area is 215 Å². The molecule has 0 aliphatic carbocycles. The summed E-state index contributed by atoms with van der Waals surface area (Å²) in [7, 11) is 0. The number of anilines is 1. The lowest BCUT2D eigenvalue weighted by molar-refractivity contribution is -0.138. The van der Waals surface area contributed by atoms with E-state index in [-0.39, 0.29) is 18.1 Å². The molecule has 1 aromatic heterocycles. The van der Waals surface area contributed by atoms with Crippen LogP contribution in [0.15, 0.2) is 65.4 Å². The molecule has 4 rings (SSSR count). The number of hydrogen-bond acceptors (Lipinski definition) is 3. The molecule has 0 spiro atoms. The largest absolute Gasteiger partial charge is 0.462 e. The average molecular weight is 509 g/mol. The Morgan fingerprint density at radius 3 is 2.31 bits per heavy atom. The molecule has 0 unspecified atom stereocenters. The van der Waals surface area contributed by atoms with E-state index in [1.807, 2.05) is 61.7 Å². The molecule has 35 heavy (non-hydrogen) atoms. The fraction of sp³-hybridized carbons (Fsp3) is 0.214. The maximum Gasteiger partial charge on any atom is 0.340 e. The first-order valence-electron chi connectivity index (χ1n) is 11.3. The van der Waals surface area contributed by atoms with Gasteiger partial charge in [-0.2, -0.15) is 0 Å². The van der Waals surface area contributed by atoms with Gasteiger partial charge in [-0.3, -0.25) is 9.69 Å². The lowest BCUT2D eigenvalue weighted by Gasteiger charge is -2.18. The first-order chi connectivity index (χ1) is 16.6. The van der Waals surface area contributed by atoms with Crippen molar-refractivity contribution in [3.8, 4) is 5.69 Å². The summed E-state index contributed by atoms with van der Waals surface area (Å²) >= 11 is 12.6. The third-order valence-corrected chi connectivity index (χ3v) is 6.63. The molecule has 0 bridgehead atoms. The van der Waals surface area contributed by atoms with Crippen LogP contribution in [0.2, 0.25) is 10.0 Å². The van der Waals surface area contributed by atoms with Crippen molar-refractivity contribution in [2.75, 3.05) is 11.5 Å². The molecule has 1 amide bonds. The van der Waals surface area contributed by atoms with E-state index >= 15 is 0 Å². The highest BCUT2D eigenvalue weighted by Crippen LogP contribution is 2.37. The van der Waals surface area contributed by atoms with Crippen molar-refractivity contribution in [1.29, 1.82) is 0 Å². The number of ether oxygens (including phenoxy) is 1. The van der Waals surface area contributed by atoms with Crippen LogP contribution in [-0.4, -0.2) is 23.1 Å². The standard InChI is InChI=1S/C28H26Cl2N2O3/c1-6-35-28(34)26-19(5)32(22-10-7-16(2)8-11-22)27(33)23(26)14-20-13-17(3)31(18(20)4)25-12-9-21(29)15-24(25)30/h7-15H,6H2,1-5H3/b23-14-. The normalized spacial score (nSPS) is 14.9. The molecule has 1 aliphatic heterocycles. The molecule has 1 aliphatic rings. The maximum absolute atomic E-state index is 13.7. The second-order valence-corrected chi connectivity index (χ2v) is 9.32. The minimum absolute atomic E-state index is 0.213. The first kappa shape index (κ1) is 24.8. The van der Waals surface area contributed by atoms with Gasteiger partial charge in [0.2, 0.25) is 0 Å². The lowest BCUT2D eigenvalue weighted by Crippen LogP contribution is -2.24. The van der Waals surface area contributed by atoms with Gasteiger partial charge in [-0.15, -0.1) is 0 Å². The van der Waals surface area contributed by atoms with Crippen molar-refractivity contribution < 1.29 is 14.3 Å². The Bertz CT molecular complexity index is 1400. The van der Waals surface area contributed by atoms with Crippen molar-refractivity contribution in [3.05, 3.63) is 97.9 Å². The van der Waals surface area contributed by atoms with Crippen molar-refractivity contribution in [2.45, 2.75) is 34.6 Å². The van der Waals surface area contributed by atoms with Gasteiger partial charge in [-0.25, -0.2) is 4.79 Å². The Hall–Kier alpha value is -3.28. The number of aromatic nitrogens is 1. The third-order valence-electron chi connectivity index (χ3n) is 6.09. The van der Waals surface area contributed by atoms with Crippen LogP contribution in [0.5, 0.6) is 0 Å². The molecule has 180 valence electrons.